The first-order valence-electron chi connectivity index (χ1n) is 8.63. The molecular formula is C21H25NO5. The Morgan fingerprint density at radius 3 is 2.37 bits per heavy atom. The van der Waals surface area contributed by atoms with Crippen molar-refractivity contribution in [3.8, 4) is 0 Å². The highest BCUT2D eigenvalue weighted by molar-refractivity contribution is 5.77. The second-order valence-corrected chi connectivity index (χ2v) is 5.90. The molecule has 0 heterocycles. The van der Waals surface area contributed by atoms with Crippen LogP contribution in [0.2, 0.25) is 0 Å². The highest BCUT2D eigenvalue weighted by Gasteiger charge is 2.23. The number of nitrogens with zero attached hydrogens (tertiary/aromatic N) is 1. The first-order chi connectivity index (χ1) is 13.1. The normalized spacial score (nSPS) is 13.6. The van der Waals surface area contributed by atoms with Crippen molar-refractivity contribution >= 4 is 11.9 Å². The smallest absolute Gasteiger partial charge is 0.339 e. The van der Waals surface area contributed by atoms with Gasteiger partial charge in [0, 0.05) is 14.0 Å². The average molecular weight is 371 g/mol. The lowest BCUT2D eigenvalue weighted by Gasteiger charge is -2.17. The summed E-state index contributed by atoms with van der Waals surface area (Å²) < 4.78 is 15.8. The molecule has 2 atom stereocenters. The van der Waals surface area contributed by atoms with E-state index in [1.165, 1.54) is 14.2 Å². The van der Waals surface area contributed by atoms with Crippen LogP contribution in [0.15, 0.2) is 59.8 Å². The molecule has 2 unspecified atom stereocenters. The maximum atomic E-state index is 11.9. The fourth-order valence-corrected chi connectivity index (χ4v) is 2.53. The summed E-state index contributed by atoms with van der Waals surface area (Å²) in [6, 6.07) is 17.2. The Kier molecular flexibility index (Phi) is 7.82. The topological polar surface area (TPSA) is 66.4 Å². The summed E-state index contributed by atoms with van der Waals surface area (Å²) in [5.74, 6) is -0.0741. The van der Waals surface area contributed by atoms with E-state index in [4.69, 9.17) is 19.0 Å². The molecule has 0 aliphatic heterocycles. The number of rotatable bonds is 8. The van der Waals surface area contributed by atoms with E-state index < -0.39 is 12.1 Å². The van der Waals surface area contributed by atoms with Gasteiger partial charge in [0.1, 0.15) is 12.7 Å². The van der Waals surface area contributed by atoms with E-state index in [0.717, 1.165) is 11.1 Å². The molecule has 0 fully saturated rings. The molecule has 6 heteroatoms. The van der Waals surface area contributed by atoms with Crippen molar-refractivity contribution in [1.82, 2.24) is 0 Å². The largest absolute Gasteiger partial charge is 0.474 e. The van der Waals surface area contributed by atoms with Gasteiger partial charge >= 0.3 is 5.97 Å². The number of carbonyl (C=O) groups is 1. The molecule has 0 aromatic heterocycles. The lowest BCUT2D eigenvalue weighted by molar-refractivity contribution is -0.152. The second kappa shape index (κ2) is 10.3. The van der Waals surface area contributed by atoms with E-state index in [1.807, 2.05) is 61.5 Å². The highest BCUT2D eigenvalue weighted by atomic mass is 16.7. The standard InChI is InChI=1S/C21H25NO5/c1-15(17-10-6-5-7-11-17)27-22-16(2)26-14-18-12-8-9-13-19(18)20(24-3)21(23)25-4/h5-13,15,20H,14H2,1-4H3. The first-order valence-corrected chi connectivity index (χ1v) is 8.63. The lowest BCUT2D eigenvalue weighted by atomic mass is 10.0. The van der Waals surface area contributed by atoms with Crippen LogP contribution in [0.3, 0.4) is 0 Å². The number of ether oxygens (including phenoxy) is 3. The molecule has 0 aliphatic rings. The second-order valence-electron chi connectivity index (χ2n) is 5.90. The van der Waals surface area contributed by atoms with Gasteiger partial charge in [-0.2, -0.15) is 0 Å². The molecule has 0 radical (unpaired) electrons. The zero-order valence-corrected chi connectivity index (χ0v) is 16.0. The number of methoxy groups -OCH3 is 2. The van der Waals surface area contributed by atoms with Gasteiger partial charge in [-0.3, -0.25) is 0 Å². The molecule has 0 amide bonds. The van der Waals surface area contributed by atoms with Crippen molar-refractivity contribution in [3.63, 3.8) is 0 Å². The Labute approximate surface area is 159 Å². The molecule has 0 spiro atoms. The zero-order chi connectivity index (χ0) is 19.6. The Morgan fingerprint density at radius 1 is 1.04 bits per heavy atom. The molecule has 6 nitrogen and oxygen atoms in total. The zero-order valence-electron chi connectivity index (χ0n) is 16.0. The van der Waals surface area contributed by atoms with E-state index >= 15 is 0 Å². The number of hydrogen-bond donors (Lipinski definition) is 0. The van der Waals surface area contributed by atoms with E-state index in [1.54, 1.807) is 6.92 Å². The predicted molar refractivity (Wildman–Crippen MR) is 102 cm³/mol. The first kappa shape index (κ1) is 20.5. The van der Waals surface area contributed by atoms with E-state index in [-0.39, 0.29) is 12.7 Å². The molecule has 144 valence electrons. The summed E-state index contributed by atoms with van der Waals surface area (Å²) in [6.07, 6.45) is -0.990. The van der Waals surface area contributed by atoms with Crippen LogP contribution < -0.4 is 0 Å². The third-order valence-electron chi connectivity index (χ3n) is 4.03. The molecule has 0 bridgehead atoms. The summed E-state index contributed by atoms with van der Waals surface area (Å²) in [4.78, 5) is 17.4. The number of oxime groups is 1. The Balaban J connectivity index is 2.00. The van der Waals surface area contributed by atoms with Crippen LogP contribution in [0, 0.1) is 0 Å². The van der Waals surface area contributed by atoms with Crippen molar-refractivity contribution in [3.05, 3.63) is 71.3 Å². The van der Waals surface area contributed by atoms with Gasteiger partial charge in [0.05, 0.1) is 7.11 Å². The summed E-state index contributed by atoms with van der Waals surface area (Å²) in [7, 11) is 2.79. The number of benzene rings is 2. The third kappa shape index (κ3) is 5.82. The predicted octanol–water partition coefficient (Wildman–Crippen LogP) is 4.17. The highest BCUT2D eigenvalue weighted by Crippen LogP contribution is 2.23. The Hall–Kier alpha value is -2.86. The minimum Gasteiger partial charge on any atom is -0.474 e. The van der Waals surface area contributed by atoms with Crippen LogP contribution >= 0.6 is 0 Å². The van der Waals surface area contributed by atoms with Gasteiger partial charge in [0.15, 0.2) is 6.10 Å². The molecule has 0 N–H and O–H groups in total. The maximum absolute atomic E-state index is 11.9. The lowest BCUT2D eigenvalue weighted by Crippen LogP contribution is -2.18. The minimum absolute atomic E-state index is 0.186. The molecule has 0 saturated heterocycles. The van der Waals surface area contributed by atoms with Crippen molar-refractivity contribution < 1.29 is 23.8 Å². The summed E-state index contributed by atoms with van der Waals surface area (Å²) in [6.45, 7) is 3.86. The monoisotopic (exact) mass is 371 g/mol. The van der Waals surface area contributed by atoms with E-state index in [9.17, 15) is 4.79 Å². The van der Waals surface area contributed by atoms with Gasteiger partial charge in [-0.1, -0.05) is 59.8 Å². The summed E-state index contributed by atoms with van der Waals surface area (Å²) in [5.41, 5.74) is 2.53. The van der Waals surface area contributed by atoms with E-state index in [2.05, 4.69) is 5.16 Å². The van der Waals surface area contributed by atoms with Gasteiger partial charge in [-0.25, -0.2) is 4.79 Å². The third-order valence-corrected chi connectivity index (χ3v) is 4.03. The van der Waals surface area contributed by atoms with Crippen LogP contribution in [0.1, 0.15) is 42.7 Å². The van der Waals surface area contributed by atoms with Crippen LogP contribution in [0.25, 0.3) is 0 Å². The molecule has 2 rings (SSSR count). The van der Waals surface area contributed by atoms with E-state index in [0.29, 0.717) is 11.5 Å². The SMILES string of the molecule is COC(=O)C(OC)c1ccccc1COC(C)=NOC(C)c1ccccc1. The Bertz CT molecular complexity index is 760. The average Bonchev–Trinajstić information content (AvgIpc) is 2.72. The van der Waals surface area contributed by atoms with Gasteiger partial charge in [-0.05, 0) is 23.6 Å². The van der Waals surface area contributed by atoms with Crippen molar-refractivity contribution in [2.45, 2.75) is 32.7 Å². The van der Waals surface area contributed by atoms with Gasteiger partial charge in [-0.15, -0.1) is 0 Å². The maximum Gasteiger partial charge on any atom is 0.339 e. The van der Waals surface area contributed by atoms with Crippen LogP contribution in [0.4, 0.5) is 0 Å². The minimum atomic E-state index is -0.804. The van der Waals surface area contributed by atoms with Gasteiger partial charge in [0.25, 0.3) is 0 Å². The summed E-state index contributed by atoms with van der Waals surface area (Å²) >= 11 is 0. The van der Waals surface area contributed by atoms with Crippen molar-refractivity contribution in [2.75, 3.05) is 14.2 Å². The van der Waals surface area contributed by atoms with Crippen LogP contribution in [-0.4, -0.2) is 26.1 Å². The molecule has 0 aliphatic carbocycles. The number of carbonyl (C=O) groups excluding carboxylic acids is 1. The molecule has 2 aromatic carbocycles. The molecule has 2 aromatic rings. The molecule has 0 saturated carbocycles. The van der Waals surface area contributed by atoms with Crippen LogP contribution in [0.5, 0.6) is 0 Å². The molecular weight excluding hydrogens is 346 g/mol. The number of hydrogen-bond acceptors (Lipinski definition) is 6. The number of esters is 1. The van der Waals surface area contributed by atoms with Gasteiger partial charge in [0.2, 0.25) is 5.90 Å². The van der Waals surface area contributed by atoms with Gasteiger partial charge < -0.3 is 19.0 Å². The van der Waals surface area contributed by atoms with Crippen molar-refractivity contribution in [2.24, 2.45) is 5.16 Å². The van der Waals surface area contributed by atoms with Crippen molar-refractivity contribution in [1.29, 1.82) is 0 Å². The van der Waals surface area contributed by atoms with Crippen LogP contribution in [-0.2, 0) is 30.4 Å². The Morgan fingerprint density at radius 2 is 1.70 bits per heavy atom. The fraction of sp³-hybridized carbons (Fsp3) is 0.333. The summed E-state index contributed by atoms with van der Waals surface area (Å²) in [5, 5.41) is 4.03. The fourth-order valence-electron chi connectivity index (χ4n) is 2.53. The quantitative estimate of drug-likeness (QED) is 0.301. The molecule has 27 heavy (non-hydrogen) atoms.